The molecule has 6 nitrogen and oxygen atoms in total. The lowest BCUT2D eigenvalue weighted by atomic mass is 9.85. The van der Waals surface area contributed by atoms with Crippen LogP contribution >= 0.6 is 0 Å². The van der Waals surface area contributed by atoms with Gasteiger partial charge in [-0.1, -0.05) is 12.8 Å². The standard InChI is InChI=1S/C13H19N3O3S/c1-20(18,19)11-5-4-10(8-15-11)16-12(17)13(9-14)6-2-3-7-13/h4-5,8H,2-3,6-7,9,14H2,1H3,(H,16,17). The van der Waals surface area contributed by atoms with E-state index in [1.807, 2.05) is 0 Å². The summed E-state index contributed by atoms with van der Waals surface area (Å²) >= 11 is 0. The van der Waals surface area contributed by atoms with Gasteiger partial charge < -0.3 is 11.1 Å². The van der Waals surface area contributed by atoms with E-state index in [-0.39, 0.29) is 10.9 Å². The van der Waals surface area contributed by atoms with Crippen LogP contribution in [0.1, 0.15) is 25.7 Å². The van der Waals surface area contributed by atoms with Gasteiger partial charge in [0.2, 0.25) is 5.91 Å². The Labute approximate surface area is 118 Å². The zero-order chi connectivity index (χ0) is 14.8. The molecule has 1 aromatic heterocycles. The van der Waals surface area contributed by atoms with Gasteiger partial charge in [-0.2, -0.15) is 0 Å². The van der Waals surface area contributed by atoms with E-state index in [0.29, 0.717) is 12.2 Å². The molecule has 0 aromatic carbocycles. The third-order valence-corrected chi connectivity index (χ3v) is 4.81. The maximum atomic E-state index is 12.3. The third-order valence-electron chi connectivity index (χ3n) is 3.81. The maximum absolute atomic E-state index is 12.3. The molecule has 20 heavy (non-hydrogen) atoms. The number of carbonyl (C=O) groups excluding carboxylic acids is 1. The van der Waals surface area contributed by atoms with Crippen molar-refractivity contribution >= 4 is 21.4 Å². The van der Waals surface area contributed by atoms with Crippen molar-refractivity contribution in [3.63, 3.8) is 0 Å². The number of hydrogen-bond acceptors (Lipinski definition) is 5. The zero-order valence-corrected chi connectivity index (χ0v) is 12.2. The average molecular weight is 297 g/mol. The molecule has 0 saturated heterocycles. The number of rotatable bonds is 4. The average Bonchev–Trinajstić information content (AvgIpc) is 2.88. The van der Waals surface area contributed by atoms with Gasteiger partial charge in [0, 0.05) is 12.8 Å². The molecule has 1 amide bonds. The number of nitrogens with one attached hydrogen (secondary N) is 1. The lowest BCUT2D eigenvalue weighted by Gasteiger charge is -2.25. The van der Waals surface area contributed by atoms with E-state index in [4.69, 9.17) is 5.73 Å². The molecule has 0 aliphatic heterocycles. The van der Waals surface area contributed by atoms with Crippen molar-refractivity contribution < 1.29 is 13.2 Å². The number of sulfone groups is 1. The summed E-state index contributed by atoms with van der Waals surface area (Å²) in [5.41, 5.74) is 5.75. The first-order chi connectivity index (χ1) is 9.37. The minimum atomic E-state index is -3.32. The number of aromatic nitrogens is 1. The minimum Gasteiger partial charge on any atom is -0.329 e. The fraction of sp³-hybridized carbons (Fsp3) is 0.538. The predicted molar refractivity (Wildman–Crippen MR) is 75.9 cm³/mol. The summed E-state index contributed by atoms with van der Waals surface area (Å²) in [4.78, 5) is 16.2. The van der Waals surface area contributed by atoms with Gasteiger partial charge >= 0.3 is 0 Å². The molecule has 1 aromatic rings. The van der Waals surface area contributed by atoms with E-state index in [1.54, 1.807) is 6.07 Å². The van der Waals surface area contributed by atoms with E-state index < -0.39 is 15.3 Å². The van der Waals surface area contributed by atoms with Gasteiger partial charge in [0.15, 0.2) is 14.9 Å². The predicted octanol–water partition coefficient (Wildman–Crippen LogP) is 0.943. The number of carbonyl (C=O) groups is 1. The van der Waals surface area contributed by atoms with Gasteiger partial charge in [0.05, 0.1) is 17.3 Å². The first-order valence-corrected chi connectivity index (χ1v) is 8.44. The van der Waals surface area contributed by atoms with Crippen molar-refractivity contribution in [3.8, 4) is 0 Å². The fourth-order valence-electron chi connectivity index (χ4n) is 2.51. The Morgan fingerprint density at radius 2 is 2.05 bits per heavy atom. The molecule has 1 heterocycles. The van der Waals surface area contributed by atoms with Crippen molar-refractivity contribution in [2.24, 2.45) is 11.1 Å². The summed E-state index contributed by atoms with van der Waals surface area (Å²) in [6, 6.07) is 2.93. The van der Waals surface area contributed by atoms with E-state index >= 15 is 0 Å². The highest BCUT2D eigenvalue weighted by atomic mass is 32.2. The van der Waals surface area contributed by atoms with Gasteiger partial charge in [-0.3, -0.25) is 4.79 Å². The molecule has 7 heteroatoms. The van der Waals surface area contributed by atoms with Crippen LogP contribution in [0.5, 0.6) is 0 Å². The number of anilines is 1. The summed E-state index contributed by atoms with van der Waals surface area (Å²) in [5.74, 6) is -0.105. The molecule has 0 bridgehead atoms. The van der Waals surface area contributed by atoms with Gasteiger partial charge in [0.25, 0.3) is 0 Å². The molecule has 2 rings (SSSR count). The Bertz CT molecular complexity index is 590. The van der Waals surface area contributed by atoms with Crippen LogP contribution in [0.25, 0.3) is 0 Å². The van der Waals surface area contributed by atoms with Crippen molar-refractivity contribution in [2.45, 2.75) is 30.7 Å². The van der Waals surface area contributed by atoms with Crippen LogP contribution in [-0.4, -0.2) is 32.1 Å². The van der Waals surface area contributed by atoms with E-state index in [0.717, 1.165) is 31.9 Å². The monoisotopic (exact) mass is 297 g/mol. The zero-order valence-electron chi connectivity index (χ0n) is 11.4. The second-order valence-electron chi connectivity index (χ2n) is 5.30. The summed E-state index contributed by atoms with van der Waals surface area (Å²) in [6.45, 7) is 0.327. The second kappa shape index (κ2) is 5.49. The van der Waals surface area contributed by atoms with Crippen molar-refractivity contribution in [1.82, 2.24) is 4.98 Å². The quantitative estimate of drug-likeness (QED) is 0.861. The van der Waals surface area contributed by atoms with Gasteiger partial charge in [-0.15, -0.1) is 0 Å². The summed E-state index contributed by atoms with van der Waals surface area (Å²) in [6.07, 6.45) is 6.06. The largest absolute Gasteiger partial charge is 0.329 e. The summed E-state index contributed by atoms with van der Waals surface area (Å²) < 4.78 is 22.6. The molecular weight excluding hydrogens is 278 g/mol. The highest BCUT2D eigenvalue weighted by molar-refractivity contribution is 7.90. The normalized spacial score (nSPS) is 17.9. The molecule has 1 aliphatic carbocycles. The molecule has 0 radical (unpaired) electrons. The lowest BCUT2D eigenvalue weighted by Crippen LogP contribution is -2.40. The van der Waals surface area contributed by atoms with E-state index in [2.05, 4.69) is 10.3 Å². The Balaban J connectivity index is 2.12. The van der Waals surface area contributed by atoms with Crippen LogP contribution in [0.15, 0.2) is 23.4 Å². The molecule has 3 N–H and O–H groups in total. The molecule has 1 saturated carbocycles. The molecule has 0 atom stereocenters. The highest BCUT2D eigenvalue weighted by Crippen LogP contribution is 2.38. The maximum Gasteiger partial charge on any atom is 0.231 e. The van der Waals surface area contributed by atoms with Crippen LogP contribution in [0.2, 0.25) is 0 Å². The summed E-state index contributed by atoms with van der Waals surface area (Å²) in [7, 11) is -3.32. The van der Waals surface area contributed by atoms with Gasteiger partial charge in [-0.25, -0.2) is 13.4 Å². The topological polar surface area (TPSA) is 102 Å². The van der Waals surface area contributed by atoms with Gasteiger partial charge in [-0.05, 0) is 25.0 Å². The van der Waals surface area contributed by atoms with Crippen molar-refractivity contribution in [3.05, 3.63) is 18.3 Å². The van der Waals surface area contributed by atoms with Crippen LogP contribution in [0, 0.1) is 5.41 Å². The summed E-state index contributed by atoms with van der Waals surface area (Å²) in [5, 5.41) is 2.77. The first kappa shape index (κ1) is 14.9. The van der Waals surface area contributed by atoms with Gasteiger partial charge in [0.1, 0.15) is 0 Å². The van der Waals surface area contributed by atoms with Crippen molar-refractivity contribution in [1.29, 1.82) is 0 Å². The van der Waals surface area contributed by atoms with Crippen molar-refractivity contribution in [2.75, 3.05) is 18.1 Å². The van der Waals surface area contributed by atoms with Crippen LogP contribution < -0.4 is 11.1 Å². The number of hydrogen-bond donors (Lipinski definition) is 2. The Morgan fingerprint density at radius 3 is 2.50 bits per heavy atom. The van der Waals surface area contributed by atoms with E-state index in [1.165, 1.54) is 12.3 Å². The Morgan fingerprint density at radius 1 is 1.40 bits per heavy atom. The minimum absolute atomic E-state index is 0.00935. The van der Waals surface area contributed by atoms with Crippen LogP contribution in [0.4, 0.5) is 5.69 Å². The molecule has 1 aliphatic rings. The SMILES string of the molecule is CS(=O)(=O)c1ccc(NC(=O)C2(CN)CCCC2)cn1. The Kier molecular flexibility index (Phi) is 4.10. The molecule has 110 valence electrons. The first-order valence-electron chi connectivity index (χ1n) is 6.55. The number of nitrogens with two attached hydrogens (primary N) is 1. The molecule has 0 unspecified atom stereocenters. The number of nitrogens with zero attached hydrogens (tertiary/aromatic N) is 1. The fourth-order valence-corrected chi connectivity index (χ4v) is 3.07. The Hall–Kier alpha value is -1.47. The molecular formula is C13H19N3O3S. The second-order valence-corrected chi connectivity index (χ2v) is 7.27. The van der Waals surface area contributed by atoms with Crippen LogP contribution in [-0.2, 0) is 14.6 Å². The molecule has 1 fully saturated rings. The third kappa shape index (κ3) is 2.99. The molecule has 0 spiro atoms. The van der Waals surface area contributed by atoms with E-state index in [9.17, 15) is 13.2 Å². The lowest BCUT2D eigenvalue weighted by molar-refractivity contribution is -0.124. The highest BCUT2D eigenvalue weighted by Gasteiger charge is 2.39. The van der Waals surface area contributed by atoms with Crippen LogP contribution in [0.3, 0.4) is 0 Å². The smallest absolute Gasteiger partial charge is 0.231 e. The number of pyridine rings is 1. The number of amides is 1.